The van der Waals surface area contributed by atoms with E-state index in [-0.39, 0.29) is 11.4 Å². The van der Waals surface area contributed by atoms with Crippen LogP contribution in [0.15, 0.2) is 71.6 Å². The molecule has 1 N–H and O–H groups in total. The summed E-state index contributed by atoms with van der Waals surface area (Å²) in [7, 11) is 0. The van der Waals surface area contributed by atoms with Crippen LogP contribution in [0.25, 0.3) is 6.08 Å². The number of carbonyl (C=O) groups is 3. The number of anilines is 1. The second kappa shape index (κ2) is 11.8. The Morgan fingerprint density at radius 2 is 1.73 bits per heavy atom. The van der Waals surface area contributed by atoms with Crippen LogP contribution in [-0.2, 0) is 16.2 Å². The Bertz CT molecular complexity index is 1350. The van der Waals surface area contributed by atoms with E-state index in [9.17, 15) is 14.4 Å². The lowest BCUT2D eigenvalue weighted by Gasteiger charge is -2.13. The first kappa shape index (κ1) is 26.0. The number of benzene rings is 3. The Labute approximate surface area is 220 Å². The molecule has 3 amide bonds. The molecule has 3 aromatic carbocycles. The molecular formula is C29H28N2O5S. The Morgan fingerprint density at radius 3 is 2.46 bits per heavy atom. The fourth-order valence-corrected chi connectivity index (χ4v) is 4.54. The van der Waals surface area contributed by atoms with Crippen LogP contribution in [0.2, 0.25) is 0 Å². The van der Waals surface area contributed by atoms with Crippen molar-refractivity contribution in [1.29, 1.82) is 0 Å². The first-order valence-corrected chi connectivity index (χ1v) is 12.7. The highest BCUT2D eigenvalue weighted by molar-refractivity contribution is 8.18. The van der Waals surface area contributed by atoms with Crippen molar-refractivity contribution in [2.45, 2.75) is 27.4 Å². The highest BCUT2D eigenvalue weighted by Crippen LogP contribution is 2.35. The molecule has 4 rings (SSSR count). The zero-order chi connectivity index (χ0) is 26.4. The summed E-state index contributed by atoms with van der Waals surface area (Å²) in [6.45, 7) is 6.30. The third-order valence-corrected chi connectivity index (χ3v) is 6.46. The lowest BCUT2D eigenvalue weighted by molar-refractivity contribution is -0.127. The second-order valence-electron chi connectivity index (χ2n) is 8.60. The molecule has 0 bridgehead atoms. The lowest BCUT2D eigenvalue weighted by atomic mass is 10.1. The smallest absolute Gasteiger partial charge is 0.294 e. The van der Waals surface area contributed by atoms with Gasteiger partial charge in [-0.25, -0.2) is 0 Å². The lowest BCUT2D eigenvalue weighted by Crippen LogP contribution is -2.36. The number of imide groups is 1. The molecule has 1 saturated heterocycles. The zero-order valence-electron chi connectivity index (χ0n) is 20.9. The van der Waals surface area contributed by atoms with E-state index in [1.54, 1.807) is 30.3 Å². The maximum atomic E-state index is 12.9. The maximum absolute atomic E-state index is 12.9. The molecule has 0 spiro atoms. The number of ether oxygens (including phenoxy) is 2. The van der Waals surface area contributed by atoms with Crippen LogP contribution in [0, 0.1) is 13.8 Å². The van der Waals surface area contributed by atoms with Crippen LogP contribution in [0.5, 0.6) is 11.5 Å². The van der Waals surface area contributed by atoms with Crippen molar-refractivity contribution in [3.05, 3.63) is 93.9 Å². The first-order chi connectivity index (χ1) is 17.8. The van der Waals surface area contributed by atoms with Crippen molar-refractivity contribution in [2.24, 2.45) is 0 Å². The average molecular weight is 517 g/mol. The van der Waals surface area contributed by atoms with Gasteiger partial charge in [-0.1, -0.05) is 48.0 Å². The van der Waals surface area contributed by atoms with E-state index in [0.29, 0.717) is 36.0 Å². The number of carbonyl (C=O) groups excluding carboxylic acids is 3. The molecule has 0 aliphatic carbocycles. The van der Waals surface area contributed by atoms with Gasteiger partial charge in [0, 0.05) is 5.69 Å². The molecular weight excluding hydrogens is 488 g/mol. The normalized spacial score (nSPS) is 14.2. The molecule has 1 heterocycles. The molecule has 0 unspecified atom stereocenters. The monoisotopic (exact) mass is 516 g/mol. The second-order valence-corrected chi connectivity index (χ2v) is 9.59. The highest BCUT2D eigenvalue weighted by Gasteiger charge is 2.36. The fourth-order valence-electron chi connectivity index (χ4n) is 3.70. The molecule has 0 atom stereocenters. The van der Waals surface area contributed by atoms with Gasteiger partial charge in [-0.15, -0.1) is 0 Å². The van der Waals surface area contributed by atoms with Crippen molar-refractivity contribution in [3.63, 3.8) is 0 Å². The van der Waals surface area contributed by atoms with Gasteiger partial charge in [0.05, 0.1) is 11.5 Å². The molecule has 0 saturated carbocycles. The van der Waals surface area contributed by atoms with Gasteiger partial charge < -0.3 is 14.8 Å². The molecule has 8 heteroatoms. The van der Waals surface area contributed by atoms with Crippen LogP contribution >= 0.6 is 11.8 Å². The predicted molar refractivity (Wildman–Crippen MR) is 146 cm³/mol. The fraction of sp³-hybridized carbons (Fsp3) is 0.207. The quantitative estimate of drug-likeness (QED) is 0.354. The van der Waals surface area contributed by atoms with Gasteiger partial charge in [-0.3, -0.25) is 19.3 Å². The van der Waals surface area contributed by atoms with E-state index >= 15 is 0 Å². The van der Waals surface area contributed by atoms with Crippen LogP contribution in [-0.4, -0.2) is 35.1 Å². The molecule has 1 aliphatic heterocycles. The largest absolute Gasteiger partial charge is 0.490 e. The van der Waals surface area contributed by atoms with E-state index in [4.69, 9.17) is 9.47 Å². The van der Waals surface area contributed by atoms with Gasteiger partial charge in [0.15, 0.2) is 11.5 Å². The highest BCUT2D eigenvalue weighted by atomic mass is 32.2. The van der Waals surface area contributed by atoms with Crippen molar-refractivity contribution in [2.75, 3.05) is 18.5 Å². The number of nitrogens with one attached hydrogen (secondary N) is 1. The molecule has 3 aromatic rings. The number of aryl methyl sites for hydroxylation is 2. The van der Waals surface area contributed by atoms with Gasteiger partial charge in [-0.2, -0.15) is 0 Å². The number of amides is 3. The third kappa shape index (κ3) is 6.80. The summed E-state index contributed by atoms with van der Waals surface area (Å²) in [5, 5.41) is 2.24. The standard InChI is InChI=1S/C29H28N2O5S/c1-4-35-25-15-22(12-13-24(25)36-18-21-10-8-19(2)9-11-21)16-26-28(33)31(29(34)37-26)17-27(32)30-23-7-5-6-20(3)14-23/h5-16H,4,17-18H2,1-3H3,(H,30,32)/b26-16-. The number of nitrogens with zero attached hydrogens (tertiary/aromatic N) is 1. The number of thioether (sulfide) groups is 1. The zero-order valence-corrected chi connectivity index (χ0v) is 21.8. The number of rotatable bonds is 9. The van der Waals surface area contributed by atoms with Gasteiger partial charge in [0.2, 0.25) is 5.91 Å². The summed E-state index contributed by atoms with van der Waals surface area (Å²) >= 11 is 0.806. The average Bonchev–Trinajstić information content (AvgIpc) is 3.12. The van der Waals surface area contributed by atoms with E-state index in [0.717, 1.165) is 27.8 Å². The molecule has 0 radical (unpaired) electrons. The summed E-state index contributed by atoms with van der Waals surface area (Å²) in [5.74, 6) is 0.176. The van der Waals surface area contributed by atoms with Crippen LogP contribution in [0.3, 0.4) is 0 Å². The van der Waals surface area contributed by atoms with E-state index in [2.05, 4.69) is 5.32 Å². The van der Waals surface area contributed by atoms with Gasteiger partial charge in [0.1, 0.15) is 13.2 Å². The van der Waals surface area contributed by atoms with Crippen molar-refractivity contribution in [1.82, 2.24) is 4.90 Å². The van der Waals surface area contributed by atoms with Gasteiger partial charge >= 0.3 is 0 Å². The molecule has 7 nitrogen and oxygen atoms in total. The Morgan fingerprint density at radius 1 is 0.946 bits per heavy atom. The Hall–Kier alpha value is -4.04. The molecule has 1 fully saturated rings. The summed E-state index contributed by atoms with van der Waals surface area (Å²) in [4.78, 5) is 39.0. The summed E-state index contributed by atoms with van der Waals surface area (Å²) in [6.07, 6.45) is 1.62. The SMILES string of the molecule is CCOc1cc(/C=C2\SC(=O)N(CC(=O)Nc3cccc(C)c3)C2=O)ccc1OCc1ccc(C)cc1. The Balaban J connectivity index is 1.44. The molecule has 37 heavy (non-hydrogen) atoms. The van der Waals surface area contributed by atoms with E-state index in [1.165, 1.54) is 5.56 Å². The van der Waals surface area contributed by atoms with Crippen molar-refractivity contribution < 1.29 is 23.9 Å². The number of hydrogen-bond acceptors (Lipinski definition) is 6. The third-order valence-electron chi connectivity index (χ3n) is 5.56. The van der Waals surface area contributed by atoms with Gasteiger partial charge in [-0.05, 0) is 79.6 Å². The van der Waals surface area contributed by atoms with Crippen LogP contribution in [0.1, 0.15) is 29.2 Å². The topological polar surface area (TPSA) is 84.9 Å². The van der Waals surface area contributed by atoms with Crippen molar-refractivity contribution in [3.8, 4) is 11.5 Å². The molecule has 1 aliphatic rings. The number of hydrogen-bond donors (Lipinski definition) is 1. The molecule has 0 aromatic heterocycles. The summed E-state index contributed by atoms with van der Waals surface area (Å²) in [6, 6.07) is 20.7. The minimum absolute atomic E-state index is 0.240. The van der Waals surface area contributed by atoms with Gasteiger partial charge in [0.25, 0.3) is 11.1 Å². The minimum atomic E-state index is -0.507. The van der Waals surface area contributed by atoms with E-state index in [1.807, 2.05) is 63.2 Å². The summed E-state index contributed by atoms with van der Waals surface area (Å²) in [5.41, 5.74) is 4.50. The minimum Gasteiger partial charge on any atom is -0.490 e. The first-order valence-electron chi connectivity index (χ1n) is 11.9. The van der Waals surface area contributed by atoms with Crippen molar-refractivity contribution >= 4 is 40.6 Å². The Kier molecular flexibility index (Phi) is 8.30. The predicted octanol–water partition coefficient (Wildman–Crippen LogP) is 5.96. The summed E-state index contributed by atoms with van der Waals surface area (Å²) < 4.78 is 11.7. The molecule has 190 valence electrons. The van der Waals surface area contributed by atoms with E-state index < -0.39 is 17.1 Å². The van der Waals surface area contributed by atoms with Crippen LogP contribution in [0.4, 0.5) is 10.5 Å². The maximum Gasteiger partial charge on any atom is 0.294 e. The van der Waals surface area contributed by atoms with Crippen LogP contribution < -0.4 is 14.8 Å².